The van der Waals surface area contributed by atoms with Gasteiger partial charge in [-0.2, -0.15) is 0 Å². The normalized spacial score (nSPS) is 21.6. The number of rotatable bonds is 11. The largest absolute Gasteiger partial charge is 0.417 e. The minimum absolute atomic E-state index is 0.105. The molecule has 0 radical (unpaired) electrons. The van der Waals surface area contributed by atoms with Gasteiger partial charge in [-0.3, -0.25) is 0 Å². The molecule has 29 heavy (non-hydrogen) atoms. The molecule has 0 aromatic rings. The van der Waals surface area contributed by atoms with Crippen LogP contribution in [0.3, 0.4) is 0 Å². The van der Waals surface area contributed by atoms with E-state index < -0.39 is 16.6 Å². The number of aliphatic hydroxyl groups excluding tert-OH is 1. The smallest absolute Gasteiger partial charge is 0.192 e. The summed E-state index contributed by atoms with van der Waals surface area (Å²) in [7, 11) is -3.36. The summed E-state index contributed by atoms with van der Waals surface area (Å²) in [5, 5.41) is 10.9. The molecule has 0 aromatic carbocycles. The summed E-state index contributed by atoms with van der Waals surface area (Å²) in [6.45, 7) is 23.9. The Bertz CT molecular complexity index is 527. The maximum absolute atomic E-state index is 10.4. The van der Waals surface area contributed by atoms with Crippen LogP contribution in [0.2, 0.25) is 36.3 Å². The molecule has 0 fully saturated rings. The third-order valence-electron chi connectivity index (χ3n) is 7.41. The first-order valence-corrected chi connectivity index (χ1v) is 17.6. The van der Waals surface area contributed by atoms with Crippen molar-refractivity contribution in [3.8, 4) is 0 Å². The zero-order chi connectivity index (χ0) is 22.5. The lowest BCUT2D eigenvalue weighted by Crippen LogP contribution is -2.43. The Balaban J connectivity index is 2.25. The summed E-state index contributed by atoms with van der Waals surface area (Å²) < 4.78 is 12.7. The van der Waals surface area contributed by atoms with E-state index in [0.29, 0.717) is 5.04 Å². The number of hydrogen-bond donors (Lipinski definition) is 1. The molecular weight excluding hydrogens is 392 g/mol. The van der Waals surface area contributed by atoms with Crippen molar-refractivity contribution in [1.29, 1.82) is 0 Å². The van der Waals surface area contributed by atoms with Gasteiger partial charge in [-0.05, 0) is 61.1 Å². The van der Waals surface area contributed by atoms with Crippen molar-refractivity contribution >= 4 is 16.6 Å². The Kier molecular flexibility index (Phi) is 9.88. The van der Waals surface area contributed by atoms with E-state index in [-0.39, 0.29) is 17.2 Å². The maximum atomic E-state index is 10.4. The number of hydrogen-bond acceptors (Lipinski definition) is 3. The lowest BCUT2D eigenvalue weighted by molar-refractivity contribution is 0.149. The van der Waals surface area contributed by atoms with E-state index in [1.54, 1.807) is 0 Å². The van der Waals surface area contributed by atoms with Crippen molar-refractivity contribution < 1.29 is 14.0 Å². The SMILES string of the molecule is CC(C)(C)[Si](C)(C)OCCCCCCCC1=C[C@@H](O[Si](C)(C)C(C)(C)C)CC1O. The average molecular weight is 443 g/mol. The third-order valence-corrected chi connectivity index (χ3v) is 16.5. The molecule has 0 heterocycles. The van der Waals surface area contributed by atoms with Crippen molar-refractivity contribution in [1.82, 2.24) is 0 Å². The van der Waals surface area contributed by atoms with E-state index in [9.17, 15) is 5.11 Å². The molecule has 0 spiro atoms. The van der Waals surface area contributed by atoms with E-state index in [0.717, 1.165) is 19.4 Å². The van der Waals surface area contributed by atoms with Gasteiger partial charge in [0.25, 0.3) is 0 Å². The first kappa shape index (κ1) is 27.1. The monoisotopic (exact) mass is 442 g/mol. The van der Waals surface area contributed by atoms with Crippen LogP contribution in [0.25, 0.3) is 0 Å². The molecular formula is C24H50O3Si2. The van der Waals surface area contributed by atoms with Crippen molar-refractivity contribution in [2.75, 3.05) is 6.61 Å². The van der Waals surface area contributed by atoms with Gasteiger partial charge < -0.3 is 14.0 Å². The molecule has 0 saturated heterocycles. The highest BCUT2D eigenvalue weighted by Gasteiger charge is 2.40. The lowest BCUT2D eigenvalue weighted by atomic mass is 10.0. The van der Waals surface area contributed by atoms with Crippen LogP contribution in [-0.2, 0) is 8.85 Å². The Morgan fingerprint density at radius 3 is 1.93 bits per heavy atom. The predicted octanol–water partition coefficient (Wildman–Crippen LogP) is 7.43. The molecule has 3 nitrogen and oxygen atoms in total. The van der Waals surface area contributed by atoms with Crippen LogP contribution in [-0.4, -0.2) is 40.6 Å². The minimum atomic E-state index is -1.78. The summed E-state index contributed by atoms with van der Waals surface area (Å²) in [5.74, 6) is 0. The average Bonchev–Trinajstić information content (AvgIpc) is 2.86. The summed E-state index contributed by atoms with van der Waals surface area (Å²) >= 11 is 0. The second-order valence-corrected chi connectivity index (χ2v) is 21.6. The van der Waals surface area contributed by atoms with Gasteiger partial charge in [0.2, 0.25) is 0 Å². The van der Waals surface area contributed by atoms with E-state index in [2.05, 4.69) is 73.8 Å². The Hall–Kier alpha value is 0.0538. The molecule has 0 amide bonds. The second-order valence-electron chi connectivity index (χ2n) is 12.0. The van der Waals surface area contributed by atoms with Crippen molar-refractivity contribution in [3.05, 3.63) is 11.6 Å². The predicted molar refractivity (Wildman–Crippen MR) is 132 cm³/mol. The maximum Gasteiger partial charge on any atom is 0.192 e. The van der Waals surface area contributed by atoms with Gasteiger partial charge in [0.15, 0.2) is 16.6 Å². The van der Waals surface area contributed by atoms with E-state index in [4.69, 9.17) is 8.85 Å². The Morgan fingerprint density at radius 2 is 1.38 bits per heavy atom. The highest BCUT2D eigenvalue weighted by molar-refractivity contribution is 6.74. The highest BCUT2D eigenvalue weighted by atomic mass is 28.4. The van der Waals surface area contributed by atoms with Gasteiger partial charge in [0, 0.05) is 13.0 Å². The van der Waals surface area contributed by atoms with Crippen LogP contribution in [0.1, 0.15) is 86.5 Å². The number of unbranched alkanes of at least 4 members (excludes halogenated alkanes) is 4. The van der Waals surface area contributed by atoms with Gasteiger partial charge in [0.1, 0.15) is 0 Å². The fourth-order valence-electron chi connectivity index (χ4n) is 3.18. The molecule has 1 aliphatic rings. The van der Waals surface area contributed by atoms with Crippen LogP contribution in [0.5, 0.6) is 0 Å². The molecule has 2 atom stereocenters. The summed E-state index contributed by atoms with van der Waals surface area (Å²) in [6, 6.07) is 0. The zero-order valence-corrected chi connectivity index (χ0v) is 23.2. The summed E-state index contributed by atoms with van der Waals surface area (Å²) in [5.41, 5.74) is 1.20. The van der Waals surface area contributed by atoms with Crippen LogP contribution in [0, 0.1) is 0 Å². The van der Waals surface area contributed by atoms with Gasteiger partial charge in [-0.25, -0.2) is 0 Å². The van der Waals surface area contributed by atoms with Gasteiger partial charge in [-0.1, -0.05) is 66.9 Å². The summed E-state index contributed by atoms with van der Waals surface area (Å²) in [4.78, 5) is 0. The van der Waals surface area contributed by atoms with Crippen LogP contribution < -0.4 is 0 Å². The Labute approximate surface area is 183 Å². The zero-order valence-electron chi connectivity index (χ0n) is 21.2. The fourth-order valence-corrected chi connectivity index (χ4v) is 5.54. The fraction of sp³-hybridized carbons (Fsp3) is 0.917. The summed E-state index contributed by atoms with van der Waals surface area (Å²) in [6.07, 6.45) is 9.85. The van der Waals surface area contributed by atoms with E-state index >= 15 is 0 Å². The molecule has 1 unspecified atom stereocenters. The number of aliphatic hydroxyl groups is 1. The van der Waals surface area contributed by atoms with Gasteiger partial charge in [0.05, 0.1) is 12.2 Å². The molecule has 0 aromatic heterocycles. The topological polar surface area (TPSA) is 38.7 Å². The van der Waals surface area contributed by atoms with Gasteiger partial charge >= 0.3 is 0 Å². The van der Waals surface area contributed by atoms with Gasteiger partial charge in [-0.15, -0.1) is 0 Å². The van der Waals surface area contributed by atoms with Crippen LogP contribution in [0.15, 0.2) is 11.6 Å². The van der Waals surface area contributed by atoms with Crippen molar-refractivity contribution in [2.45, 2.75) is 135 Å². The molecule has 0 bridgehead atoms. The molecule has 1 N–H and O–H groups in total. The second kappa shape index (κ2) is 10.6. The molecule has 1 aliphatic carbocycles. The van der Waals surface area contributed by atoms with Crippen molar-refractivity contribution in [2.24, 2.45) is 0 Å². The molecule has 0 saturated carbocycles. The van der Waals surface area contributed by atoms with E-state index in [1.807, 2.05) is 0 Å². The van der Waals surface area contributed by atoms with Crippen LogP contribution >= 0.6 is 0 Å². The third kappa shape index (κ3) is 8.60. The first-order valence-electron chi connectivity index (χ1n) is 11.8. The van der Waals surface area contributed by atoms with E-state index in [1.165, 1.54) is 37.7 Å². The molecule has 172 valence electrons. The highest BCUT2D eigenvalue weighted by Crippen LogP contribution is 2.39. The molecule has 5 heteroatoms. The quantitative estimate of drug-likeness (QED) is 0.205. The van der Waals surface area contributed by atoms with Crippen LogP contribution in [0.4, 0.5) is 0 Å². The standard InChI is InChI=1S/C24H50O3Si2/c1-23(2,3)28(7,8)26-17-15-13-11-12-14-16-20-18-21(19-22(20)25)27-29(9,10)24(4,5)6/h18,21-22,25H,11-17,19H2,1-10H3/t21-,22?/m1/s1. The molecule has 0 aliphatic heterocycles. The lowest BCUT2D eigenvalue weighted by Gasteiger charge is -2.38. The molecule has 1 rings (SSSR count). The Morgan fingerprint density at radius 1 is 0.862 bits per heavy atom. The first-order chi connectivity index (χ1) is 13.1. The minimum Gasteiger partial charge on any atom is -0.417 e. The van der Waals surface area contributed by atoms with Crippen molar-refractivity contribution in [3.63, 3.8) is 0 Å².